The van der Waals surface area contributed by atoms with E-state index in [0.717, 1.165) is 17.7 Å². The van der Waals surface area contributed by atoms with E-state index in [-0.39, 0.29) is 0 Å². The van der Waals surface area contributed by atoms with Crippen LogP contribution < -0.4 is 14.8 Å². The van der Waals surface area contributed by atoms with Gasteiger partial charge in [-0.2, -0.15) is 0 Å². The number of rotatable bonds is 7. The summed E-state index contributed by atoms with van der Waals surface area (Å²) in [6.07, 6.45) is 7.81. The molecular weight excluding hydrogens is 381 g/mol. The number of halogens is 2. The van der Waals surface area contributed by atoms with Gasteiger partial charge in [0.05, 0.1) is 7.11 Å². The molecule has 0 spiro atoms. The number of ether oxygens (including phenoxy) is 2. The number of hydrogen-bond acceptors (Lipinski definition) is 3. The predicted octanol–water partition coefficient (Wildman–Crippen LogP) is 6.39. The summed E-state index contributed by atoms with van der Waals surface area (Å²) in [5, 5.41) is 5.03. The number of methoxy groups -OCH3 is 1. The van der Waals surface area contributed by atoms with Crippen molar-refractivity contribution in [1.29, 1.82) is 0 Å². The number of hydrogen-bond donors (Lipinski definition) is 1. The van der Waals surface area contributed by atoms with E-state index in [1.54, 1.807) is 7.11 Å². The van der Waals surface area contributed by atoms with Crippen molar-refractivity contribution in [3.8, 4) is 11.5 Å². The van der Waals surface area contributed by atoms with E-state index in [4.69, 9.17) is 32.7 Å². The van der Waals surface area contributed by atoms with Crippen LogP contribution in [0.3, 0.4) is 0 Å². The van der Waals surface area contributed by atoms with Gasteiger partial charge in [-0.05, 0) is 30.5 Å². The quantitative estimate of drug-likeness (QED) is 0.538. The summed E-state index contributed by atoms with van der Waals surface area (Å²) in [5.41, 5.74) is 1.96. The Balaban J connectivity index is 1.66. The zero-order valence-electron chi connectivity index (χ0n) is 15.8. The minimum absolute atomic E-state index is 0.367. The Kier molecular flexibility index (Phi) is 7.69. The molecule has 3 rings (SSSR count). The first-order chi connectivity index (χ1) is 13.2. The molecule has 27 heavy (non-hydrogen) atoms. The fourth-order valence-electron chi connectivity index (χ4n) is 3.49. The predicted molar refractivity (Wildman–Crippen MR) is 112 cm³/mol. The molecule has 1 N–H and O–H groups in total. The first-order valence-electron chi connectivity index (χ1n) is 9.63. The van der Waals surface area contributed by atoms with E-state index in [2.05, 4.69) is 5.32 Å². The Bertz CT molecular complexity index is 743. The van der Waals surface area contributed by atoms with E-state index in [0.29, 0.717) is 34.2 Å². The third kappa shape index (κ3) is 5.78. The first-order valence-corrected chi connectivity index (χ1v) is 10.4. The van der Waals surface area contributed by atoms with Crippen molar-refractivity contribution in [3.05, 3.63) is 57.6 Å². The van der Waals surface area contributed by atoms with Gasteiger partial charge in [-0.25, -0.2) is 0 Å². The average molecular weight is 408 g/mol. The molecule has 0 saturated heterocycles. The molecule has 0 unspecified atom stereocenters. The fourth-order valence-corrected chi connectivity index (χ4v) is 3.90. The molecule has 1 fully saturated rings. The van der Waals surface area contributed by atoms with Crippen molar-refractivity contribution >= 4 is 23.2 Å². The third-order valence-corrected chi connectivity index (χ3v) is 5.83. The normalized spacial score (nSPS) is 15.4. The molecular formula is C22H27Cl2NO2. The van der Waals surface area contributed by atoms with Crippen LogP contribution in [0.2, 0.25) is 10.0 Å². The van der Waals surface area contributed by atoms with Crippen LogP contribution in [0.5, 0.6) is 11.5 Å². The monoisotopic (exact) mass is 407 g/mol. The van der Waals surface area contributed by atoms with E-state index in [1.807, 2.05) is 36.4 Å². The topological polar surface area (TPSA) is 30.5 Å². The SMILES string of the molecule is COc1cc(CNC2CCCCCC2)c(Cl)cc1OCc1ccccc1Cl. The molecule has 0 radical (unpaired) electrons. The molecule has 2 aromatic carbocycles. The van der Waals surface area contributed by atoms with Gasteiger partial charge >= 0.3 is 0 Å². The second-order valence-corrected chi connectivity index (χ2v) is 7.86. The molecule has 1 aliphatic carbocycles. The van der Waals surface area contributed by atoms with Gasteiger partial charge < -0.3 is 14.8 Å². The van der Waals surface area contributed by atoms with Crippen molar-refractivity contribution in [2.75, 3.05) is 7.11 Å². The molecule has 5 heteroatoms. The van der Waals surface area contributed by atoms with Crippen LogP contribution in [0, 0.1) is 0 Å². The maximum atomic E-state index is 6.52. The van der Waals surface area contributed by atoms with Crippen LogP contribution in [0.4, 0.5) is 0 Å². The Morgan fingerprint density at radius 2 is 1.67 bits per heavy atom. The summed E-state index contributed by atoms with van der Waals surface area (Å²) in [7, 11) is 1.65. The molecule has 0 amide bonds. The highest BCUT2D eigenvalue weighted by atomic mass is 35.5. The molecule has 0 aliphatic heterocycles. The first kappa shape index (κ1) is 20.3. The van der Waals surface area contributed by atoms with Gasteiger partial charge in [0.15, 0.2) is 11.5 Å². The van der Waals surface area contributed by atoms with Crippen LogP contribution in [0.1, 0.15) is 49.7 Å². The van der Waals surface area contributed by atoms with E-state index in [1.165, 1.54) is 38.5 Å². The number of nitrogens with one attached hydrogen (secondary N) is 1. The summed E-state index contributed by atoms with van der Waals surface area (Å²) in [6.45, 7) is 1.11. The molecule has 0 atom stereocenters. The van der Waals surface area contributed by atoms with Crippen LogP contribution in [0.15, 0.2) is 36.4 Å². The van der Waals surface area contributed by atoms with E-state index >= 15 is 0 Å². The lowest BCUT2D eigenvalue weighted by atomic mass is 10.1. The zero-order chi connectivity index (χ0) is 19.1. The summed E-state index contributed by atoms with van der Waals surface area (Å²) in [4.78, 5) is 0. The maximum absolute atomic E-state index is 6.52. The molecule has 3 nitrogen and oxygen atoms in total. The average Bonchev–Trinajstić information content (AvgIpc) is 2.95. The molecule has 1 aliphatic rings. The summed E-state index contributed by atoms with van der Waals surface area (Å²) >= 11 is 12.7. The zero-order valence-corrected chi connectivity index (χ0v) is 17.3. The molecule has 0 heterocycles. The van der Waals surface area contributed by atoms with Gasteiger partial charge in [0, 0.05) is 34.3 Å². The Labute approximate surface area is 172 Å². The Morgan fingerprint density at radius 3 is 2.37 bits per heavy atom. The largest absolute Gasteiger partial charge is 0.493 e. The molecule has 146 valence electrons. The fraction of sp³-hybridized carbons (Fsp3) is 0.455. The van der Waals surface area contributed by atoms with Crippen molar-refractivity contribution in [1.82, 2.24) is 5.32 Å². The Morgan fingerprint density at radius 1 is 0.926 bits per heavy atom. The van der Waals surface area contributed by atoms with Crippen LogP contribution >= 0.6 is 23.2 Å². The highest BCUT2D eigenvalue weighted by molar-refractivity contribution is 6.31. The van der Waals surface area contributed by atoms with Crippen LogP contribution in [0.25, 0.3) is 0 Å². The third-order valence-electron chi connectivity index (χ3n) is 5.11. The summed E-state index contributed by atoms with van der Waals surface area (Å²) < 4.78 is 11.5. The van der Waals surface area contributed by atoms with Gasteiger partial charge in [-0.15, -0.1) is 0 Å². The minimum Gasteiger partial charge on any atom is -0.493 e. The molecule has 2 aromatic rings. The van der Waals surface area contributed by atoms with Gasteiger partial charge in [-0.3, -0.25) is 0 Å². The maximum Gasteiger partial charge on any atom is 0.163 e. The lowest BCUT2D eigenvalue weighted by Gasteiger charge is -2.18. The molecule has 0 aromatic heterocycles. The van der Waals surface area contributed by atoms with Crippen molar-refractivity contribution in [2.45, 2.75) is 57.7 Å². The van der Waals surface area contributed by atoms with Crippen molar-refractivity contribution in [3.63, 3.8) is 0 Å². The molecule has 0 bridgehead atoms. The highest BCUT2D eigenvalue weighted by Crippen LogP contribution is 2.34. The van der Waals surface area contributed by atoms with Gasteiger partial charge in [0.25, 0.3) is 0 Å². The van der Waals surface area contributed by atoms with E-state index < -0.39 is 0 Å². The van der Waals surface area contributed by atoms with Crippen LogP contribution in [-0.4, -0.2) is 13.2 Å². The lowest BCUT2D eigenvalue weighted by molar-refractivity contribution is 0.284. The summed E-state index contributed by atoms with van der Waals surface area (Å²) in [6, 6.07) is 12.0. The van der Waals surface area contributed by atoms with Gasteiger partial charge in [0.2, 0.25) is 0 Å². The van der Waals surface area contributed by atoms with Gasteiger partial charge in [0.1, 0.15) is 6.61 Å². The minimum atomic E-state index is 0.367. The lowest BCUT2D eigenvalue weighted by Crippen LogP contribution is -2.28. The molecule has 1 saturated carbocycles. The van der Waals surface area contributed by atoms with Crippen molar-refractivity contribution in [2.24, 2.45) is 0 Å². The Hall–Kier alpha value is -1.42. The second-order valence-electron chi connectivity index (χ2n) is 7.04. The standard InChI is InChI=1S/C22H27Cl2NO2/c1-26-21-12-17(14-25-18-9-4-2-3-5-10-18)20(24)13-22(21)27-15-16-8-6-7-11-19(16)23/h6-8,11-13,18,25H,2-5,9-10,14-15H2,1H3. The van der Waals surface area contributed by atoms with E-state index in [9.17, 15) is 0 Å². The van der Waals surface area contributed by atoms with Crippen molar-refractivity contribution < 1.29 is 9.47 Å². The summed E-state index contributed by atoms with van der Waals surface area (Å²) in [5.74, 6) is 1.31. The van der Waals surface area contributed by atoms with Gasteiger partial charge in [-0.1, -0.05) is 67.1 Å². The van der Waals surface area contributed by atoms with Crippen LogP contribution in [-0.2, 0) is 13.2 Å². The number of benzene rings is 2. The second kappa shape index (κ2) is 10.2. The smallest absolute Gasteiger partial charge is 0.163 e. The highest BCUT2D eigenvalue weighted by Gasteiger charge is 2.15.